The van der Waals surface area contributed by atoms with Crippen molar-refractivity contribution in [3.05, 3.63) is 0 Å². The Hall–Kier alpha value is -0.610. The molecule has 0 aromatic heterocycles. The lowest BCUT2D eigenvalue weighted by Gasteiger charge is -2.15. The van der Waals surface area contributed by atoms with Gasteiger partial charge >= 0.3 is 0 Å². The second-order valence-corrected chi connectivity index (χ2v) is 5.27. The molecule has 0 aromatic carbocycles. The molecule has 3 unspecified atom stereocenters. The van der Waals surface area contributed by atoms with Crippen LogP contribution in [0.1, 0.15) is 39.0 Å². The molecule has 4 heteroatoms. The lowest BCUT2D eigenvalue weighted by Crippen LogP contribution is -2.42. The summed E-state index contributed by atoms with van der Waals surface area (Å²) in [6.07, 6.45) is 5.30. The molecule has 1 aliphatic carbocycles. The predicted molar refractivity (Wildman–Crippen MR) is 68.6 cm³/mol. The molecule has 1 saturated carbocycles. The molecule has 0 saturated heterocycles. The first-order valence-electron chi connectivity index (χ1n) is 6.65. The van der Waals surface area contributed by atoms with Crippen molar-refractivity contribution >= 4 is 5.91 Å². The molecule has 0 radical (unpaired) electrons. The van der Waals surface area contributed by atoms with Crippen molar-refractivity contribution < 1.29 is 9.53 Å². The van der Waals surface area contributed by atoms with E-state index in [2.05, 4.69) is 12.2 Å². The molecule has 4 nitrogen and oxygen atoms in total. The SMILES string of the molecule is COCCCC(N)C(=O)NCC1CCC(C)C1. The van der Waals surface area contributed by atoms with Crippen LogP contribution in [0.15, 0.2) is 0 Å². The van der Waals surface area contributed by atoms with Gasteiger partial charge in [0.15, 0.2) is 0 Å². The van der Waals surface area contributed by atoms with Crippen LogP contribution in [0.5, 0.6) is 0 Å². The fraction of sp³-hybridized carbons (Fsp3) is 0.923. The summed E-state index contributed by atoms with van der Waals surface area (Å²) in [7, 11) is 1.66. The van der Waals surface area contributed by atoms with Gasteiger partial charge in [-0.2, -0.15) is 0 Å². The number of carbonyl (C=O) groups is 1. The van der Waals surface area contributed by atoms with Crippen LogP contribution in [-0.2, 0) is 9.53 Å². The summed E-state index contributed by atoms with van der Waals surface area (Å²) >= 11 is 0. The summed E-state index contributed by atoms with van der Waals surface area (Å²) in [5.41, 5.74) is 5.80. The topological polar surface area (TPSA) is 64.3 Å². The molecule has 17 heavy (non-hydrogen) atoms. The molecule has 100 valence electrons. The molecule has 1 aliphatic rings. The lowest BCUT2D eigenvalue weighted by atomic mass is 10.1. The molecule has 1 amide bonds. The summed E-state index contributed by atoms with van der Waals surface area (Å²) in [5, 5.41) is 2.97. The summed E-state index contributed by atoms with van der Waals surface area (Å²) < 4.78 is 4.94. The van der Waals surface area contributed by atoms with Crippen LogP contribution in [0, 0.1) is 11.8 Å². The van der Waals surface area contributed by atoms with Gasteiger partial charge in [-0.3, -0.25) is 4.79 Å². The molecule has 0 aliphatic heterocycles. The lowest BCUT2D eigenvalue weighted by molar-refractivity contribution is -0.122. The summed E-state index contributed by atoms with van der Waals surface area (Å²) in [4.78, 5) is 11.7. The molecule has 0 heterocycles. The third-order valence-electron chi connectivity index (χ3n) is 3.57. The third-order valence-corrected chi connectivity index (χ3v) is 3.57. The Morgan fingerprint density at radius 3 is 2.88 bits per heavy atom. The van der Waals surface area contributed by atoms with E-state index < -0.39 is 0 Å². The van der Waals surface area contributed by atoms with Crippen molar-refractivity contribution in [3.63, 3.8) is 0 Å². The Balaban J connectivity index is 2.11. The van der Waals surface area contributed by atoms with E-state index in [1.54, 1.807) is 7.11 Å². The molecule has 0 aromatic rings. The Labute approximate surface area is 104 Å². The largest absolute Gasteiger partial charge is 0.385 e. The van der Waals surface area contributed by atoms with E-state index in [9.17, 15) is 4.79 Å². The zero-order valence-electron chi connectivity index (χ0n) is 11.1. The second-order valence-electron chi connectivity index (χ2n) is 5.27. The smallest absolute Gasteiger partial charge is 0.236 e. The summed E-state index contributed by atoms with van der Waals surface area (Å²) in [5.74, 6) is 1.45. The molecule has 0 bridgehead atoms. The Bertz CT molecular complexity index is 233. The van der Waals surface area contributed by atoms with Gasteiger partial charge in [-0.1, -0.05) is 13.3 Å². The Morgan fingerprint density at radius 2 is 2.29 bits per heavy atom. The number of amides is 1. The maximum absolute atomic E-state index is 11.7. The highest BCUT2D eigenvalue weighted by atomic mass is 16.5. The van der Waals surface area contributed by atoms with Crippen LogP contribution in [0.4, 0.5) is 0 Å². The van der Waals surface area contributed by atoms with Crippen molar-refractivity contribution in [2.45, 2.75) is 45.1 Å². The molecule has 1 fully saturated rings. The number of ether oxygens (including phenoxy) is 1. The maximum atomic E-state index is 11.7. The van der Waals surface area contributed by atoms with Gasteiger partial charge in [0.1, 0.15) is 0 Å². The first-order chi connectivity index (χ1) is 8.13. The van der Waals surface area contributed by atoms with E-state index in [1.165, 1.54) is 19.3 Å². The molecule has 3 N–H and O–H groups in total. The van der Waals surface area contributed by atoms with Gasteiger partial charge in [-0.05, 0) is 37.5 Å². The predicted octanol–water partition coefficient (Wildman–Crippen LogP) is 1.29. The van der Waals surface area contributed by atoms with Crippen LogP contribution in [0.3, 0.4) is 0 Å². The normalized spacial score (nSPS) is 25.8. The number of carbonyl (C=O) groups excluding carboxylic acids is 1. The van der Waals surface area contributed by atoms with Crippen molar-refractivity contribution in [3.8, 4) is 0 Å². The van der Waals surface area contributed by atoms with Gasteiger partial charge in [0.25, 0.3) is 0 Å². The highest BCUT2D eigenvalue weighted by Crippen LogP contribution is 2.29. The number of rotatable bonds is 7. The van der Waals surface area contributed by atoms with Gasteiger partial charge in [-0.15, -0.1) is 0 Å². The van der Waals surface area contributed by atoms with E-state index in [0.717, 1.165) is 18.9 Å². The number of hydrogen-bond acceptors (Lipinski definition) is 3. The standard InChI is InChI=1S/C13H26N2O2/c1-10-5-6-11(8-10)9-15-13(16)12(14)4-3-7-17-2/h10-12H,3-9,14H2,1-2H3,(H,15,16). The van der Waals surface area contributed by atoms with Gasteiger partial charge < -0.3 is 15.8 Å². The van der Waals surface area contributed by atoms with Crippen molar-refractivity contribution in [2.24, 2.45) is 17.6 Å². The van der Waals surface area contributed by atoms with Gasteiger partial charge in [0, 0.05) is 20.3 Å². The zero-order valence-corrected chi connectivity index (χ0v) is 11.1. The fourth-order valence-electron chi connectivity index (χ4n) is 2.47. The van der Waals surface area contributed by atoms with Gasteiger partial charge in [-0.25, -0.2) is 0 Å². The third kappa shape index (κ3) is 5.50. The van der Waals surface area contributed by atoms with Crippen LogP contribution in [0.25, 0.3) is 0 Å². The Kier molecular flexibility index (Phi) is 6.52. The molecular formula is C13H26N2O2. The van der Waals surface area contributed by atoms with Gasteiger partial charge in [0.05, 0.1) is 6.04 Å². The summed E-state index contributed by atoms with van der Waals surface area (Å²) in [6, 6.07) is -0.385. The monoisotopic (exact) mass is 242 g/mol. The number of methoxy groups -OCH3 is 1. The molecule has 3 atom stereocenters. The van der Waals surface area contributed by atoms with Crippen molar-refractivity contribution in [1.29, 1.82) is 0 Å². The van der Waals surface area contributed by atoms with E-state index in [0.29, 0.717) is 18.9 Å². The van der Waals surface area contributed by atoms with E-state index in [-0.39, 0.29) is 11.9 Å². The number of hydrogen-bond donors (Lipinski definition) is 2. The fourth-order valence-corrected chi connectivity index (χ4v) is 2.47. The highest BCUT2D eigenvalue weighted by molar-refractivity contribution is 5.81. The average Bonchev–Trinajstić information content (AvgIpc) is 2.72. The minimum absolute atomic E-state index is 0.0133. The van der Waals surface area contributed by atoms with Crippen LogP contribution < -0.4 is 11.1 Å². The summed E-state index contributed by atoms with van der Waals surface area (Å²) in [6.45, 7) is 3.74. The Morgan fingerprint density at radius 1 is 1.53 bits per heavy atom. The number of nitrogens with one attached hydrogen (secondary N) is 1. The average molecular weight is 242 g/mol. The first-order valence-corrected chi connectivity index (χ1v) is 6.65. The maximum Gasteiger partial charge on any atom is 0.236 e. The van der Waals surface area contributed by atoms with E-state index in [4.69, 9.17) is 10.5 Å². The van der Waals surface area contributed by atoms with Crippen molar-refractivity contribution in [2.75, 3.05) is 20.3 Å². The van der Waals surface area contributed by atoms with Crippen LogP contribution in [-0.4, -0.2) is 32.2 Å². The molecular weight excluding hydrogens is 216 g/mol. The van der Waals surface area contributed by atoms with Crippen molar-refractivity contribution in [1.82, 2.24) is 5.32 Å². The minimum Gasteiger partial charge on any atom is -0.385 e. The number of nitrogens with two attached hydrogens (primary N) is 1. The van der Waals surface area contributed by atoms with E-state index in [1.807, 2.05) is 0 Å². The molecule has 0 spiro atoms. The van der Waals surface area contributed by atoms with Crippen LogP contribution >= 0.6 is 0 Å². The minimum atomic E-state index is -0.385. The van der Waals surface area contributed by atoms with Crippen LogP contribution in [0.2, 0.25) is 0 Å². The first kappa shape index (κ1) is 14.5. The molecule has 1 rings (SSSR count). The zero-order chi connectivity index (χ0) is 12.7. The highest BCUT2D eigenvalue weighted by Gasteiger charge is 2.22. The second kappa shape index (κ2) is 7.67. The van der Waals surface area contributed by atoms with E-state index >= 15 is 0 Å². The quantitative estimate of drug-likeness (QED) is 0.661. The van der Waals surface area contributed by atoms with Gasteiger partial charge in [0.2, 0.25) is 5.91 Å².